The van der Waals surface area contributed by atoms with Crippen LogP contribution in [0, 0.1) is 6.92 Å². The van der Waals surface area contributed by atoms with E-state index in [0.717, 1.165) is 20.2 Å². The standard InChI is InChI=1S/C17H18Br2N4O2/c1-11-7-13(4-5-14(11)19)21-16(24)9-23(2)10-17(25)22-15-6-3-12(18)8-20-15/h3-8H,9-10H2,1-2H3,(H,21,24)(H,20,22,25). The number of amides is 2. The second-order valence-corrected chi connectivity index (χ2v) is 7.36. The molecule has 2 N–H and O–H groups in total. The summed E-state index contributed by atoms with van der Waals surface area (Å²) in [6, 6.07) is 9.08. The molecule has 2 aromatic rings. The van der Waals surface area contributed by atoms with Crippen LogP contribution in [0.5, 0.6) is 0 Å². The van der Waals surface area contributed by atoms with Crippen molar-refractivity contribution < 1.29 is 9.59 Å². The summed E-state index contributed by atoms with van der Waals surface area (Å²) in [4.78, 5) is 29.8. The average molecular weight is 470 g/mol. The molecule has 0 unspecified atom stereocenters. The summed E-state index contributed by atoms with van der Waals surface area (Å²) < 4.78 is 1.82. The van der Waals surface area contributed by atoms with Gasteiger partial charge in [-0.3, -0.25) is 14.5 Å². The van der Waals surface area contributed by atoms with Gasteiger partial charge in [0.25, 0.3) is 0 Å². The van der Waals surface area contributed by atoms with Gasteiger partial charge in [-0.05, 0) is 65.8 Å². The number of aromatic nitrogens is 1. The van der Waals surface area contributed by atoms with E-state index in [-0.39, 0.29) is 24.9 Å². The minimum absolute atomic E-state index is 0.0878. The number of carbonyl (C=O) groups is 2. The van der Waals surface area contributed by atoms with Crippen molar-refractivity contribution >= 4 is 55.2 Å². The number of likely N-dealkylation sites (N-methyl/N-ethyl adjacent to an activating group) is 1. The van der Waals surface area contributed by atoms with Gasteiger partial charge in [-0.15, -0.1) is 0 Å². The van der Waals surface area contributed by atoms with Crippen LogP contribution in [0.25, 0.3) is 0 Å². The Morgan fingerprint density at radius 1 is 1.08 bits per heavy atom. The number of rotatable bonds is 6. The summed E-state index contributed by atoms with van der Waals surface area (Å²) in [5, 5.41) is 5.51. The van der Waals surface area contributed by atoms with Crippen molar-refractivity contribution in [3.63, 3.8) is 0 Å². The van der Waals surface area contributed by atoms with E-state index in [9.17, 15) is 9.59 Å². The number of hydrogen-bond donors (Lipinski definition) is 2. The lowest BCUT2D eigenvalue weighted by Crippen LogP contribution is -2.36. The van der Waals surface area contributed by atoms with Crippen molar-refractivity contribution in [2.75, 3.05) is 30.8 Å². The molecule has 1 aromatic heterocycles. The lowest BCUT2D eigenvalue weighted by molar-refractivity contribution is -0.119. The second-order valence-electron chi connectivity index (χ2n) is 5.59. The van der Waals surface area contributed by atoms with Crippen LogP contribution in [0.4, 0.5) is 11.5 Å². The predicted molar refractivity (Wildman–Crippen MR) is 106 cm³/mol. The predicted octanol–water partition coefficient (Wildman–Crippen LogP) is 3.42. The van der Waals surface area contributed by atoms with E-state index >= 15 is 0 Å². The number of hydrogen-bond acceptors (Lipinski definition) is 4. The molecular formula is C17H18Br2N4O2. The Morgan fingerprint density at radius 3 is 2.36 bits per heavy atom. The number of benzene rings is 1. The van der Waals surface area contributed by atoms with E-state index in [1.165, 1.54) is 0 Å². The average Bonchev–Trinajstić information content (AvgIpc) is 2.52. The molecule has 1 heterocycles. The highest BCUT2D eigenvalue weighted by atomic mass is 79.9. The molecular weight excluding hydrogens is 452 g/mol. The van der Waals surface area contributed by atoms with Gasteiger partial charge in [-0.1, -0.05) is 15.9 Å². The van der Waals surface area contributed by atoms with Crippen LogP contribution in [0.1, 0.15) is 5.56 Å². The second kappa shape index (κ2) is 9.07. The van der Waals surface area contributed by atoms with E-state index < -0.39 is 0 Å². The van der Waals surface area contributed by atoms with Crippen LogP contribution in [-0.4, -0.2) is 41.8 Å². The van der Waals surface area contributed by atoms with Crippen LogP contribution in [0.3, 0.4) is 0 Å². The Morgan fingerprint density at radius 2 is 1.76 bits per heavy atom. The normalized spacial score (nSPS) is 10.6. The summed E-state index contributed by atoms with van der Waals surface area (Å²) in [5.74, 6) is 0.0554. The molecule has 132 valence electrons. The van der Waals surface area contributed by atoms with Gasteiger partial charge < -0.3 is 10.6 Å². The minimum Gasteiger partial charge on any atom is -0.325 e. The summed E-state index contributed by atoms with van der Waals surface area (Å²) in [6.07, 6.45) is 1.60. The smallest absolute Gasteiger partial charge is 0.239 e. The third kappa shape index (κ3) is 6.56. The van der Waals surface area contributed by atoms with Crippen molar-refractivity contribution in [1.29, 1.82) is 0 Å². The van der Waals surface area contributed by atoms with E-state index in [4.69, 9.17) is 0 Å². The van der Waals surface area contributed by atoms with Gasteiger partial charge in [0.2, 0.25) is 11.8 Å². The van der Waals surface area contributed by atoms with Crippen molar-refractivity contribution in [3.8, 4) is 0 Å². The quantitative estimate of drug-likeness (QED) is 0.679. The molecule has 2 rings (SSSR count). The number of nitrogens with zero attached hydrogens (tertiary/aromatic N) is 2. The van der Waals surface area contributed by atoms with Crippen molar-refractivity contribution in [2.45, 2.75) is 6.92 Å². The van der Waals surface area contributed by atoms with Gasteiger partial charge >= 0.3 is 0 Å². The Labute approximate surface area is 163 Å². The van der Waals surface area contributed by atoms with E-state index in [1.54, 1.807) is 30.3 Å². The first-order chi connectivity index (χ1) is 11.8. The van der Waals surface area contributed by atoms with Gasteiger partial charge in [0.15, 0.2) is 0 Å². The van der Waals surface area contributed by atoms with Crippen LogP contribution in [0.2, 0.25) is 0 Å². The lowest BCUT2D eigenvalue weighted by atomic mass is 10.2. The fraction of sp³-hybridized carbons (Fsp3) is 0.235. The highest BCUT2D eigenvalue weighted by Gasteiger charge is 2.12. The van der Waals surface area contributed by atoms with Gasteiger partial charge in [-0.2, -0.15) is 0 Å². The van der Waals surface area contributed by atoms with Crippen LogP contribution in [-0.2, 0) is 9.59 Å². The van der Waals surface area contributed by atoms with Crippen molar-refractivity contribution in [2.24, 2.45) is 0 Å². The zero-order valence-electron chi connectivity index (χ0n) is 13.8. The van der Waals surface area contributed by atoms with Crippen molar-refractivity contribution in [3.05, 3.63) is 51.0 Å². The molecule has 0 bridgehead atoms. The summed E-state index contributed by atoms with van der Waals surface area (Å²) in [7, 11) is 1.71. The molecule has 0 radical (unpaired) electrons. The maximum atomic E-state index is 12.1. The van der Waals surface area contributed by atoms with E-state index in [2.05, 4.69) is 47.5 Å². The Bertz CT molecular complexity index is 766. The number of pyridine rings is 1. The lowest BCUT2D eigenvalue weighted by Gasteiger charge is -2.16. The highest BCUT2D eigenvalue weighted by molar-refractivity contribution is 9.10. The van der Waals surface area contributed by atoms with Gasteiger partial charge in [0.1, 0.15) is 5.82 Å². The molecule has 0 aliphatic heterocycles. The minimum atomic E-state index is -0.232. The third-order valence-electron chi connectivity index (χ3n) is 3.26. The zero-order valence-corrected chi connectivity index (χ0v) is 17.0. The SMILES string of the molecule is Cc1cc(NC(=O)CN(C)CC(=O)Nc2ccc(Br)cn2)ccc1Br. The fourth-order valence-corrected chi connectivity index (χ4v) is 2.58. The van der Waals surface area contributed by atoms with Gasteiger partial charge in [-0.25, -0.2) is 4.98 Å². The largest absolute Gasteiger partial charge is 0.325 e. The zero-order chi connectivity index (χ0) is 18.4. The third-order valence-corrected chi connectivity index (χ3v) is 4.62. The maximum Gasteiger partial charge on any atom is 0.239 e. The monoisotopic (exact) mass is 468 g/mol. The molecule has 0 saturated carbocycles. The number of anilines is 2. The Hall–Kier alpha value is -1.77. The molecule has 25 heavy (non-hydrogen) atoms. The summed E-state index contributed by atoms with van der Waals surface area (Å²) >= 11 is 6.71. The molecule has 2 amide bonds. The maximum absolute atomic E-state index is 12.1. The number of halogens is 2. The fourth-order valence-electron chi connectivity index (χ4n) is 2.10. The molecule has 0 fully saturated rings. The molecule has 0 saturated heterocycles. The molecule has 0 aliphatic rings. The number of carbonyl (C=O) groups excluding carboxylic acids is 2. The van der Waals surface area contributed by atoms with E-state index in [0.29, 0.717) is 5.82 Å². The first-order valence-electron chi connectivity index (χ1n) is 7.49. The number of nitrogens with one attached hydrogen (secondary N) is 2. The van der Waals surface area contributed by atoms with E-state index in [1.807, 2.05) is 25.1 Å². The Balaban J connectivity index is 1.81. The highest BCUT2D eigenvalue weighted by Crippen LogP contribution is 2.19. The summed E-state index contributed by atoms with van der Waals surface area (Å²) in [6.45, 7) is 2.15. The molecule has 8 heteroatoms. The van der Waals surface area contributed by atoms with Crippen LogP contribution >= 0.6 is 31.9 Å². The van der Waals surface area contributed by atoms with Crippen LogP contribution in [0.15, 0.2) is 45.5 Å². The molecule has 0 spiro atoms. The topological polar surface area (TPSA) is 74.3 Å². The molecule has 0 aliphatic carbocycles. The number of aryl methyl sites for hydroxylation is 1. The molecule has 0 atom stereocenters. The van der Waals surface area contributed by atoms with Crippen LogP contribution < -0.4 is 10.6 Å². The van der Waals surface area contributed by atoms with Gasteiger partial charge in [0.05, 0.1) is 13.1 Å². The Kier molecular flexibility index (Phi) is 7.10. The molecule has 1 aromatic carbocycles. The summed E-state index contributed by atoms with van der Waals surface area (Å²) in [5.41, 5.74) is 1.76. The first-order valence-corrected chi connectivity index (χ1v) is 9.08. The molecule has 6 nitrogen and oxygen atoms in total. The van der Waals surface area contributed by atoms with Gasteiger partial charge in [0, 0.05) is 20.8 Å². The first kappa shape index (κ1) is 19.6. The van der Waals surface area contributed by atoms with Crippen molar-refractivity contribution in [1.82, 2.24) is 9.88 Å².